The first-order chi connectivity index (χ1) is 13.0. The van der Waals surface area contributed by atoms with Gasteiger partial charge in [-0.2, -0.15) is 0 Å². The Kier molecular flexibility index (Phi) is 5.30. The van der Waals surface area contributed by atoms with Crippen molar-refractivity contribution in [2.75, 3.05) is 18.1 Å². The van der Waals surface area contributed by atoms with Gasteiger partial charge >= 0.3 is 0 Å². The Bertz CT molecular complexity index is 995. The first kappa shape index (κ1) is 18.6. The van der Waals surface area contributed by atoms with Crippen molar-refractivity contribution in [3.63, 3.8) is 0 Å². The predicted molar refractivity (Wildman–Crippen MR) is 114 cm³/mol. The summed E-state index contributed by atoms with van der Waals surface area (Å²) in [4.78, 5) is 19.9. The molecule has 0 saturated carbocycles. The summed E-state index contributed by atoms with van der Waals surface area (Å²) in [5.74, 6) is -0.0415. The summed E-state index contributed by atoms with van der Waals surface area (Å²) in [5.41, 5.74) is 3.97. The Morgan fingerprint density at radius 2 is 2.19 bits per heavy atom. The van der Waals surface area contributed by atoms with Crippen LogP contribution in [0, 0.1) is 13.8 Å². The molecular formula is C21H21BrN2O2S. The Balaban J connectivity index is 1.75. The van der Waals surface area contributed by atoms with Gasteiger partial charge in [-0.05, 0) is 62.1 Å². The summed E-state index contributed by atoms with van der Waals surface area (Å²) in [6.45, 7) is 5.45. The van der Waals surface area contributed by atoms with Gasteiger partial charge in [-0.1, -0.05) is 39.4 Å². The Hall–Kier alpha value is -1.76. The Morgan fingerprint density at radius 3 is 2.93 bits per heavy atom. The molecule has 3 aromatic rings. The number of rotatable bonds is 4. The molecule has 2 aromatic carbocycles. The lowest BCUT2D eigenvalue weighted by atomic mass is 10.1. The molecule has 0 spiro atoms. The highest BCUT2D eigenvalue weighted by atomic mass is 79.9. The molecule has 140 valence electrons. The van der Waals surface area contributed by atoms with E-state index in [0.29, 0.717) is 12.1 Å². The van der Waals surface area contributed by atoms with Crippen molar-refractivity contribution < 1.29 is 9.53 Å². The zero-order chi connectivity index (χ0) is 19.0. The van der Waals surface area contributed by atoms with Crippen LogP contribution in [0.15, 0.2) is 40.9 Å². The number of hydrogen-bond donors (Lipinski definition) is 0. The van der Waals surface area contributed by atoms with Gasteiger partial charge in [-0.3, -0.25) is 9.69 Å². The van der Waals surface area contributed by atoms with Gasteiger partial charge in [0.1, 0.15) is 0 Å². The fourth-order valence-electron chi connectivity index (χ4n) is 3.49. The Morgan fingerprint density at radius 1 is 1.33 bits per heavy atom. The molecule has 4 rings (SSSR count). The van der Waals surface area contributed by atoms with E-state index in [1.165, 1.54) is 5.56 Å². The minimum atomic E-state index is -0.0415. The molecule has 4 nitrogen and oxygen atoms in total. The summed E-state index contributed by atoms with van der Waals surface area (Å²) in [6, 6.07) is 11.8. The number of anilines is 1. The van der Waals surface area contributed by atoms with Crippen molar-refractivity contribution in [1.29, 1.82) is 0 Å². The molecule has 2 heterocycles. The summed E-state index contributed by atoms with van der Waals surface area (Å²) >= 11 is 5.03. The predicted octanol–water partition coefficient (Wildman–Crippen LogP) is 5.50. The molecule has 0 radical (unpaired) electrons. The van der Waals surface area contributed by atoms with Gasteiger partial charge < -0.3 is 4.74 Å². The number of carbonyl (C=O) groups excluding carboxylic acids is 1. The molecule has 1 unspecified atom stereocenters. The maximum atomic E-state index is 13.3. The second kappa shape index (κ2) is 7.70. The molecule has 1 amide bonds. The SMILES string of the molecule is Cc1cc(C)c2nc(N(CC3CCCO3)C(=O)c3cccc(Br)c3)sc2c1. The normalized spacial score (nSPS) is 16.8. The fourth-order valence-corrected chi connectivity index (χ4v) is 5.04. The summed E-state index contributed by atoms with van der Waals surface area (Å²) in [5, 5.41) is 0.735. The van der Waals surface area contributed by atoms with Gasteiger partial charge in [0.15, 0.2) is 5.13 Å². The van der Waals surface area contributed by atoms with Crippen LogP contribution >= 0.6 is 27.3 Å². The number of hydrogen-bond acceptors (Lipinski definition) is 4. The van der Waals surface area contributed by atoms with Crippen molar-refractivity contribution in [2.24, 2.45) is 0 Å². The molecule has 1 atom stereocenters. The number of aryl methyl sites for hydroxylation is 2. The van der Waals surface area contributed by atoms with E-state index < -0.39 is 0 Å². The third-order valence-electron chi connectivity index (χ3n) is 4.78. The van der Waals surface area contributed by atoms with E-state index in [2.05, 4.69) is 41.9 Å². The van der Waals surface area contributed by atoms with Gasteiger partial charge in [0.05, 0.1) is 22.9 Å². The number of benzene rings is 2. The van der Waals surface area contributed by atoms with Gasteiger partial charge in [-0.25, -0.2) is 4.98 Å². The molecule has 6 heteroatoms. The third-order valence-corrected chi connectivity index (χ3v) is 6.29. The number of halogens is 1. The van der Waals surface area contributed by atoms with Crippen LogP contribution < -0.4 is 4.90 Å². The summed E-state index contributed by atoms with van der Waals surface area (Å²) in [7, 11) is 0. The van der Waals surface area contributed by atoms with E-state index in [9.17, 15) is 4.79 Å². The largest absolute Gasteiger partial charge is 0.376 e. The smallest absolute Gasteiger partial charge is 0.260 e. The molecule has 1 aromatic heterocycles. The molecule has 1 fully saturated rings. The molecule has 1 aliphatic heterocycles. The topological polar surface area (TPSA) is 42.4 Å². The zero-order valence-electron chi connectivity index (χ0n) is 15.4. The monoisotopic (exact) mass is 444 g/mol. The van der Waals surface area contributed by atoms with E-state index >= 15 is 0 Å². The average Bonchev–Trinajstić information content (AvgIpc) is 3.28. The van der Waals surface area contributed by atoms with Crippen molar-refractivity contribution in [3.8, 4) is 0 Å². The second-order valence-corrected chi connectivity index (χ2v) is 8.91. The summed E-state index contributed by atoms with van der Waals surface area (Å²) < 4.78 is 7.81. The minimum absolute atomic E-state index is 0.0415. The quantitative estimate of drug-likeness (QED) is 0.533. The van der Waals surface area contributed by atoms with Crippen LogP contribution in [0.1, 0.15) is 34.3 Å². The van der Waals surface area contributed by atoms with Crippen molar-refractivity contribution >= 4 is 48.5 Å². The number of ether oxygens (including phenoxy) is 1. The maximum absolute atomic E-state index is 13.3. The molecular weight excluding hydrogens is 424 g/mol. The zero-order valence-corrected chi connectivity index (χ0v) is 17.8. The van der Waals surface area contributed by atoms with E-state index in [0.717, 1.165) is 44.8 Å². The number of amides is 1. The molecule has 0 N–H and O–H groups in total. The lowest BCUT2D eigenvalue weighted by Crippen LogP contribution is -2.37. The lowest BCUT2D eigenvalue weighted by molar-refractivity contribution is 0.0917. The van der Waals surface area contributed by atoms with Crippen LogP contribution in [0.2, 0.25) is 0 Å². The van der Waals surface area contributed by atoms with E-state index in [-0.39, 0.29) is 12.0 Å². The molecule has 0 aliphatic carbocycles. The molecule has 1 saturated heterocycles. The highest BCUT2D eigenvalue weighted by Gasteiger charge is 2.27. The minimum Gasteiger partial charge on any atom is -0.376 e. The lowest BCUT2D eigenvalue weighted by Gasteiger charge is -2.23. The molecule has 1 aliphatic rings. The molecule has 0 bridgehead atoms. The Labute approximate surface area is 171 Å². The van der Waals surface area contributed by atoms with Crippen molar-refractivity contribution in [1.82, 2.24) is 4.98 Å². The average molecular weight is 445 g/mol. The van der Waals surface area contributed by atoms with Crippen LogP contribution in [0.25, 0.3) is 10.2 Å². The standard InChI is InChI=1S/C21H21BrN2O2S/c1-13-9-14(2)19-18(10-13)27-21(23-19)24(12-17-7-4-8-26-17)20(25)15-5-3-6-16(22)11-15/h3,5-6,9-11,17H,4,7-8,12H2,1-2H3. The number of carbonyl (C=O) groups is 1. The third kappa shape index (κ3) is 3.93. The number of aromatic nitrogens is 1. The number of nitrogens with zero attached hydrogens (tertiary/aromatic N) is 2. The van der Waals surface area contributed by atoms with Gasteiger partial charge in [0.2, 0.25) is 0 Å². The van der Waals surface area contributed by atoms with Crippen molar-refractivity contribution in [2.45, 2.75) is 32.8 Å². The number of thiazole rings is 1. The van der Waals surface area contributed by atoms with Gasteiger partial charge in [0.25, 0.3) is 5.91 Å². The van der Waals surface area contributed by atoms with Crippen LogP contribution in [0.4, 0.5) is 5.13 Å². The van der Waals surface area contributed by atoms with E-state index in [1.807, 2.05) is 24.3 Å². The van der Waals surface area contributed by atoms with Crippen molar-refractivity contribution in [3.05, 3.63) is 57.6 Å². The number of fused-ring (bicyclic) bond motifs is 1. The van der Waals surface area contributed by atoms with Crippen LogP contribution in [-0.4, -0.2) is 30.1 Å². The van der Waals surface area contributed by atoms with Crippen LogP contribution in [0.5, 0.6) is 0 Å². The van der Waals surface area contributed by atoms with E-state index in [1.54, 1.807) is 16.2 Å². The second-order valence-electron chi connectivity index (χ2n) is 6.99. The van der Waals surface area contributed by atoms with Crippen LogP contribution in [0.3, 0.4) is 0 Å². The van der Waals surface area contributed by atoms with E-state index in [4.69, 9.17) is 9.72 Å². The molecule has 27 heavy (non-hydrogen) atoms. The van der Waals surface area contributed by atoms with Gasteiger partial charge in [0, 0.05) is 16.6 Å². The first-order valence-electron chi connectivity index (χ1n) is 9.08. The van der Waals surface area contributed by atoms with Gasteiger partial charge in [-0.15, -0.1) is 0 Å². The highest BCUT2D eigenvalue weighted by Crippen LogP contribution is 2.33. The first-order valence-corrected chi connectivity index (χ1v) is 10.7. The van der Waals surface area contributed by atoms with Crippen LogP contribution in [-0.2, 0) is 4.74 Å². The summed E-state index contributed by atoms with van der Waals surface area (Å²) in [6.07, 6.45) is 2.09. The fraction of sp³-hybridized carbons (Fsp3) is 0.333. The maximum Gasteiger partial charge on any atom is 0.260 e. The highest BCUT2D eigenvalue weighted by molar-refractivity contribution is 9.10.